The van der Waals surface area contributed by atoms with Crippen LogP contribution in [0.4, 0.5) is 11.4 Å². The molecule has 6 rings (SSSR count). The highest BCUT2D eigenvalue weighted by molar-refractivity contribution is 6.30. The molecule has 2 aliphatic rings. The summed E-state index contributed by atoms with van der Waals surface area (Å²) in [5.74, 6) is 2.40. The van der Waals surface area contributed by atoms with Gasteiger partial charge in [-0.2, -0.15) is 0 Å². The normalized spacial score (nSPS) is 19.2. The van der Waals surface area contributed by atoms with Gasteiger partial charge in [-0.15, -0.1) is 0 Å². The summed E-state index contributed by atoms with van der Waals surface area (Å²) >= 11 is 5.99. The summed E-state index contributed by atoms with van der Waals surface area (Å²) in [6, 6.07) is 29.2. The summed E-state index contributed by atoms with van der Waals surface area (Å²) in [7, 11) is 0. The Kier molecular flexibility index (Phi) is 7.61. The Labute approximate surface area is 241 Å². The fourth-order valence-corrected chi connectivity index (χ4v) is 5.82. The molecule has 4 aromatic carbocycles. The molecule has 40 heavy (non-hydrogen) atoms. The molecule has 0 radical (unpaired) electrons. The number of allylic oxidation sites excluding steroid dienone is 2. The molecule has 202 valence electrons. The Bertz CT molecular complexity index is 1540. The van der Waals surface area contributed by atoms with Crippen molar-refractivity contribution in [1.29, 1.82) is 0 Å². The first-order valence-electron chi connectivity index (χ1n) is 13.9. The van der Waals surface area contributed by atoms with Crippen molar-refractivity contribution in [1.82, 2.24) is 0 Å². The zero-order valence-electron chi connectivity index (χ0n) is 22.8. The lowest BCUT2D eigenvalue weighted by molar-refractivity contribution is 0.269. The van der Waals surface area contributed by atoms with Crippen molar-refractivity contribution < 1.29 is 9.47 Å². The maximum atomic E-state index is 6.04. The minimum atomic E-state index is 0.280. The first-order chi connectivity index (χ1) is 19.6. The van der Waals surface area contributed by atoms with Crippen LogP contribution in [0.15, 0.2) is 102 Å². The topological polar surface area (TPSA) is 42.8 Å². The molecular formula is C35H33ClN2O2. The predicted molar refractivity (Wildman–Crippen MR) is 165 cm³/mol. The molecular weight excluding hydrogens is 516 g/mol. The lowest BCUT2D eigenvalue weighted by Gasteiger charge is -2.37. The van der Waals surface area contributed by atoms with Gasteiger partial charge in [-0.05, 0) is 97.0 Å². The average Bonchev–Trinajstić information content (AvgIpc) is 3.47. The van der Waals surface area contributed by atoms with Crippen molar-refractivity contribution >= 4 is 29.2 Å². The van der Waals surface area contributed by atoms with E-state index in [1.54, 1.807) is 0 Å². The number of ether oxygens (including phenoxy) is 2. The van der Waals surface area contributed by atoms with E-state index < -0.39 is 0 Å². The van der Waals surface area contributed by atoms with Crippen LogP contribution in [-0.2, 0) is 6.61 Å². The highest BCUT2D eigenvalue weighted by atomic mass is 35.5. The number of rotatable bonds is 8. The van der Waals surface area contributed by atoms with Gasteiger partial charge in [0, 0.05) is 22.8 Å². The number of hydrogen-bond donors (Lipinski definition) is 1. The quantitative estimate of drug-likeness (QED) is 0.176. The third-order valence-corrected chi connectivity index (χ3v) is 7.96. The third-order valence-electron chi connectivity index (χ3n) is 7.71. The van der Waals surface area contributed by atoms with Crippen molar-refractivity contribution in [3.63, 3.8) is 0 Å². The van der Waals surface area contributed by atoms with E-state index in [9.17, 15) is 0 Å². The molecule has 0 amide bonds. The van der Waals surface area contributed by atoms with Crippen LogP contribution in [0.25, 0.3) is 0 Å². The average molecular weight is 549 g/mol. The van der Waals surface area contributed by atoms with E-state index in [1.165, 1.54) is 22.4 Å². The van der Waals surface area contributed by atoms with Gasteiger partial charge in [0.05, 0.1) is 18.3 Å². The Morgan fingerprint density at radius 2 is 1.75 bits per heavy atom. The highest BCUT2D eigenvalue weighted by Gasteiger charge is 2.37. The van der Waals surface area contributed by atoms with E-state index in [-0.39, 0.29) is 6.04 Å². The van der Waals surface area contributed by atoms with Crippen LogP contribution >= 0.6 is 11.6 Å². The first-order valence-corrected chi connectivity index (χ1v) is 14.3. The molecule has 0 unspecified atom stereocenters. The van der Waals surface area contributed by atoms with E-state index in [0.29, 0.717) is 41.6 Å². The number of halogens is 1. The van der Waals surface area contributed by atoms with Gasteiger partial charge < -0.3 is 14.8 Å². The second kappa shape index (κ2) is 11.6. The molecule has 3 atom stereocenters. The molecule has 1 aliphatic carbocycles. The smallest absolute Gasteiger partial charge is 0.161 e. The summed E-state index contributed by atoms with van der Waals surface area (Å²) in [4.78, 5) is 4.74. The van der Waals surface area contributed by atoms with E-state index in [0.717, 1.165) is 23.2 Å². The minimum absolute atomic E-state index is 0.280. The molecule has 1 aliphatic heterocycles. The number of anilines is 1. The van der Waals surface area contributed by atoms with Crippen LogP contribution in [-0.4, -0.2) is 12.8 Å². The van der Waals surface area contributed by atoms with E-state index in [2.05, 4.69) is 66.9 Å². The van der Waals surface area contributed by atoms with Gasteiger partial charge in [-0.3, -0.25) is 4.99 Å². The van der Waals surface area contributed by atoms with Crippen LogP contribution in [0.5, 0.6) is 11.5 Å². The van der Waals surface area contributed by atoms with Gasteiger partial charge >= 0.3 is 0 Å². The maximum Gasteiger partial charge on any atom is 0.161 e. The molecule has 0 spiro atoms. The van der Waals surface area contributed by atoms with Crippen molar-refractivity contribution in [3.8, 4) is 11.5 Å². The molecule has 5 heteroatoms. The van der Waals surface area contributed by atoms with Crippen molar-refractivity contribution in [2.24, 2.45) is 10.9 Å². The lowest BCUT2D eigenvalue weighted by Crippen LogP contribution is -2.29. The summed E-state index contributed by atoms with van der Waals surface area (Å²) < 4.78 is 11.9. The van der Waals surface area contributed by atoms with Crippen LogP contribution < -0.4 is 14.8 Å². The predicted octanol–water partition coefficient (Wildman–Crippen LogP) is 9.20. The van der Waals surface area contributed by atoms with Crippen LogP contribution in [0.3, 0.4) is 0 Å². The zero-order chi connectivity index (χ0) is 27.5. The largest absolute Gasteiger partial charge is 0.490 e. The monoisotopic (exact) mass is 548 g/mol. The maximum absolute atomic E-state index is 6.04. The molecule has 1 N–H and O–H groups in total. The van der Waals surface area contributed by atoms with Gasteiger partial charge in [0.1, 0.15) is 6.61 Å². The SMILES string of the molecule is CCOc1cc(C=Nc2ccc([C@@H]3Nc4ccc(C)cc4[C@@H]4C=CC[C@@H]43)cc2)ccc1OCc1ccc(Cl)cc1. The number of benzene rings is 4. The Morgan fingerprint density at radius 3 is 2.55 bits per heavy atom. The number of aryl methyl sites for hydroxylation is 1. The second-order valence-electron chi connectivity index (χ2n) is 10.5. The Balaban J connectivity index is 1.15. The van der Waals surface area contributed by atoms with Crippen molar-refractivity contribution in [2.75, 3.05) is 11.9 Å². The summed E-state index contributed by atoms with van der Waals surface area (Å²) in [6.07, 6.45) is 7.69. The van der Waals surface area contributed by atoms with E-state index in [1.807, 2.05) is 55.6 Å². The fraction of sp³-hybridized carbons (Fsp3) is 0.229. The van der Waals surface area contributed by atoms with Crippen molar-refractivity contribution in [2.45, 2.75) is 38.8 Å². The van der Waals surface area contributed by atoms with Crippen LogP contribution in [0.2, 0.25) is 5.02 Å². The van der Waals surface area contributed by atoms with Gasteiger partial charge in [0.2, 0.25) is 0 Å². The summed E-state index contributed by atoms with van der Waals surface area (Å²) in [6.45, 7) is 5.13. The number of aliphatic imine (C=N–C) groups is 1. The van der Waals surface area contributed by atoms with Crippen molar-refractivity contribution in [3.05, 3.63) is 130 Å². The van der Waals surface area contributed by atoms with Gasteiger partial charge in [0.25, 0.3) is 0 Å². The second-order valence-corrected chi connectivity index (χ2v) is 10.9. The molecule has 4 nitrogen and oxygen atoms in total. The Hall–Kier alpha value is -4.02. The minimum Gasteiger partial charge on any atom is -0.490 e. The van der Waals surface area contributed by atoms with E-state index >= 15 is 0 Å². The molecule has 4 aromatic rings. The fourth-order valence-electron chi connectivity index (χ4n) is 5.69. The first kappa shape index (κ1) is 26.2. The zero-order valence-corrected chi connectivity index (χ0v) is 23.6. The number of fused-ring (bicyclic) bond motifs is 3. The lowest BCUT2D eigenvalue weighted by atomic mass is 9.76. The molecule has 0 fully saturated rings. The van der Waals surface area contributed by atoms with Crippen LogP contribution in [0, 0.1) is 12.8 Å². The Morgan fingerprint density at radius 1 is 0.925 bits per heavy atom. The highest BCUT2D eigenvalue weighted by Crippen LogP contribution is 2.50. The van der Waals surface area contributed by atoms with Gasteiger partial charge in [-0.25, -0.2) is 0 Å². The third kappa shape index (κ3) is 5.64. The van der Waals surface area contributed by atoms with Crippen LogP contribution in [0.1, 0.15) is 53.1 Å². The number of hydrogen-bond acceptors (Lipinski definition) is 4. The molecule has 0 aromatic heterocycles. The molecule has 0 saturated carbocycles. The standard InChI is InChI=1S/C35H33ClN2O2/c1-3-39-34-20-25(10-18-33(34)40-22-24-8-13-27(36)14-9-24)21-37-28-15-11-26(12-16-28)35-30-6-4-5-29(30)31-19-23(2)7-17-32(31)38-35/h4-5,7-21,29-30,35,38H,3,6,22H2,1-2H3/t29-,30+,35+/m1/s1. The number of nitrogens with zero attached hydrogens (tertiary/aromatic N) is 1. The van der Waals surface area contributed by atoms with Gasteiger partial charge in [-0.1, -0.05) is 65.7 Å². The van der Waals surface area contributed by atoms with E-state index in [4.69, 9.17) is 26.1 Å². The molecule has 1 heterocycles. The molecule has 0 saturated heterocycles. The summed E-state index contributed by atoms with van der Waals surface area (Å²) in [5, 5.41) is 4.54. The summed E-state index contributed by atoms with van der Waals surface area (Å²) in [5.41, 5.74) is 8.19. The molecule has 0 bridgehead atoms. The van der Waals surface area contributed by atoms with Gasteiger partial charge in [0.15, 0.2) is 11.5 Å². The number of nitrogens with one attached hydrogen (secondary N) is 1.